The Hall–Kier alpha value is -1.66. The Morgan fingerprint density at radius 2 is 1.67 bits per heavy atom. The lowest BCUT2D eigenvalue weighted by Gasteiger charge is -2.36. The SMILES string of the molecule is CCN1CCN(c2ccccc2NC(=O)c2cccc(N)c2)CC1.Cl.Cl.Cl. The van der Waals surface area contributed by atoms with Crippen LogP contribution in [0.5, 0.6) is 0 Å². The second-order valence-electron chi connectivity index (χ2n) is 6.02. The van der Waals surface area contributed by atoms with Gasteiger partial charge >= 0.3 is 0 Å². The van der Waals surface area contributed by atoms with Gasteiger partial charge in [-0.1, -0.05) is 25.1 Å². The lowest BCUT2D eigenvalue weighted by atomic mass is 10.1. The normalized spacial score (nSPS) is 13.6. The van der Waals surface area contributed by atoms with E-state index in [2.05, 4.69) is 28.1 Å². The van der Waals surface area contributed by atoms with Gasteiger partial charge in [-0.05, 0) is 36.9 Å². The van der Waals surface area contributed by atoms with Gasteiger partial charge in [0.1, 0.15) is 0 Å². The number of hydrogen-bond donors (Lipinski definition) is 2. The van der Waals surface area contributed by atoms with Crippen molar-refractivity contribution in [3.8, 4) is 0 Å². The Morgan fingerprint density at radius 1 is 1.00 bits per heavy atom. The average Bonchev–Trinajstić information content (AvgIpc) is 2.62. The van der Waals surface area contributed by atoms with E-state index in [1.807, 2.05) is 18.2 Å². The van der Waals surface area contributed by atoms with Crippen LogP contribution in [0.3, 0.4) is 0 Å². The number of piperazine rings is 1. The monoisotopic (exact) mass is 432 g/mol. The molecule has 0 unspecified atom stereocenters. The second-order valence-corrected chi connectivity index (χ2v) is 6.02. The summed E-state index contributed by atoms with van der Waals surface area (Å²) in [5.74, 6) is -0.137. The maximum absolute atomic E-state index is 12.5. The number of nitrogen functional groups attached to an aromatic ring is 1. The molecule has 27 heavy (non-hydrogen) atoms. The summed E-state index contributed by atoms with van der Waals surface area (Å²) in [7, 11) is 0. The van der Waals surface area contributed by atoms with Gasteiger partial charge in [-0.2, -0.15) is 0 Å². The fourth-order valence-electron chi connectivity index (χ4n) is 3.03. The number of anilines is 3. The highest BCUT2D eigenvalue weighted by Gasteiger charge is 2.19. The summed E-state index contributed by atoms with van der Waals surface area (Å²) < 4.78 is 0. The van der Waals surface area contributed by atoms with E-state index in [9.17, 15) is 4.79 Å². The molecule has 0 bridgehead atoms. The van der Waals surface area contributed by atoms with Crippen molar-refractivity contribution in [2.45, 2.75) is 6.92 Å². The van der Waals surface area contributed by atoms with Gasteiger partial charge in [-0.15, -0.1) is 37.2 Å². The quantitative estimate of drug-likeness (QED) is 0.717. The zero-order valence-electron chi connectivity index (χ0n) is 15.3. The molecule has 2 aromatic carbocycles. The van der Waals surface area contributed by atoms with E-state index in [1.54, 1.807) is 24.3 Å². The smallest absolute Gasteiger partial charge is 0.255 e. The molecular formula is C19H27Cl3N4O. The number of halogens is 3. The second kappa shape index (κ2) is 11.9. The minimum Gasteiger partial charge on any atom is -0.399 e. The van der Waals surface area contributed by atoms with E-state index < -0.39 is 0 Å². The number of carbonyl (C=O) groups is 1. The summed E-state index contributed by atoms with van der Waals surface area (Å²) in [4.78, 5) is 17.3. The third-order valence-electron chi connectivity index (χ3n) is 4.46. The number of amides is 1. The highest BCUT2D eigenvalue weighted by atomic mass is 35.5. The van der Waals surface area contributed by atoms with Crippen LogP contribution >= 0.6 is 37.2 Å². The number of rotatable bonds is 4. The van der Waals surface area contributed by atoms with Gasteiger partial charge in [-0.3, -0.25) is 4.79 Å². The van der Waals surface area contributed by atoms with E-state index in [0.29, 0.717) is 11.3 Å². The molecule has 2 aromatic rings. The van der Waals surface area contributed by atoms with Crippen LogP contribution in [0.2, 0.25) is 0 Å². The summed E-state index contributed by atoms with van der Waals surface area (Å²) in [6.07, 6.45) is 0. The Bertz CT molecular complexity index is 722. The predicted octanol–water partition coefficient (Wildman–Crippen LogP) is 3.93. The molecule has 1 saturated heterocycles. The Balaban J connectivity index is 0.00000225. The van der Waals surface area contributed by atoms with Crippen LogP contribution < -0.4 is 16.0 Å². The first-order valence-corrected chi connectivity index (χ1v) is 8.40. The van der Waals surface area contributed by atoms with Crippen LogP contribution in [0.1, 0.15) is 17.3 Å². The predicted molar refractivity (Wildman–Crippen MR) is 121 cm³/mol. The summed E-state index contributed by atoms with van der Waals surface area (Å²) >= 11 is 0. The van der Waals surface area contributed by atoms with Crippen molar-refractivity contribution in [1.82, 2.24) is 4.90 Å². The topological polar surface area (TPSA) is 61.6 Å². The van der Waals surface area contributed by atoms with Crippen molar-refractivity contribution in [3.05, 3.63) is 54.1 Å². The molecule has 1 fully saturated rings. The van der Waals surface area contributed by atoms with Gasteiger partial charge in [0.25, 0.3) is 5.91 Å². The third-order valence-corrected chi connectivity index (χ3v) is 4.46. The molecule has 0 aliphatic carbocycles. The van der Waals surface area contributed by atoms with E-state index in [4.69, 9.17) is 5.73 Å². The first kappa shape index (κ1) is 25.3. The Labute approximate surface area is 179 Å². The molecule has 150 valence electrons. The molecule has 1 aliphatic rings. The summed E-state index contributed by atoms with van der Waals surface area (Å²) in [5.41, 5.74) is 8.85. The summed E-state index contributed by atoms with van der Waals surface area (Å²) in [5, 5.41) is 3.03. The molecular weight excluding hydrogens is 407 g/mol. The molecule has 3 rings (SSSR count). The highest BCUT2D eigenvalue weighted by Crippen LogP contribution is 2.27. The van der Waals surface area contributed by atoms with Gasteiger partial charge in [0.2, 0.25) is 0 Å². The Morgan fingerprint density at radius 3 is 2.30 bits per heavy atom. The van der Waals surface area contributed by atoms with Crippen LogP contribution in [-0.2, 0) is 0 Å². The molecule has 0 aromatic heterocycles. The summed E-state index contributed by atoms with van der Waals surface area (Å²) in [6, 6.07) is 15.0. The first-order chi connectivity index (χ1) is 11.7. The highest BCUT2D eigenvalue weighted by molar-refractivity contribution is 6.06. The zero-order valence-corrected chi connectivity index (χ0v) is 17.7. The van der Waals surface area contributed by atoms with Gasteiger partial charge in [0.15, 0.2) is 0 Å². The minimum absolute atomic E-state index is 0. The van der Waals surface area contributed by atoms with Crippen molar-refractivity contribution in [2.75, 3.05) is 48.7 Å². The van der Waals surface area contributed by atoms with Gasteiger partial charge in [-0.25, -0.2) is 0 Å². The van der Waals surface area contributed by atoms with E-state index in [1.165, 1.54) is 0 Å². The van der Waals surface area contributed by atoms with E-state index >= 15 is 0 Å². The van der Waals surface area contributed by atoms with Crippen molar-refractivity contribution in [2.24, 2.45) is 0 Å². The molecule has 8 heteroatoms. The molecule has 0 spiro atoms. The molecule has 0 saturated carbocycles. The molecule has 1 aliphatic heterocycles. The largest absolute Gasteiger partial charge is 0.399 e. The average molecular weight is 434 g/mol. The Kier molecular flexibility index (Phi) is 11.2. The molecule has 5 nitrogen and oxygen atoms in total. The van der Waals surface area contributed by atoms with Crippen LogP contribution in [0.25, 0.3) is 0 Å². The van der Waals surface area contributed by atoms with Crippen LogP contribution in [0, 0.1) is 0 Å². The number of para-hydroxylation sites is 2. The van der Waals surface area contributed by atoms with Crippen molar-refractivity contribution in [1.29, 1.82) is 0 Å². The summed E-state index contributed by atoms with van der Waals surface area (Å²) in [6.45, 7) is 7.32. The lowest BCUT2D eigenvalue weighted by molar-refractivity contribution is 0.102. The van der Waals surface area contributed by atoms with Crippen LogP contribution in [0.15, 0.2) is 48.5 Å². The van der Waals surface area contributed by atoms with Crippen LogP contribution in [-0.4, -0.2) is 43.5 Å². The van der Waals surface area contributed by atoms with Gasteiger partial charge in [0, 0.05) is 37.4 Å². The maximum Gasteiger partial charge on any atom is 0.255 e. The number of benzene rings is 2. The first-order valence-electron chi connectivity index (χ1n) is 8.40. The van der Waals surface area contributed by atoms with E-state index in [0.717, 1.165) is 44.1 Å². The molecule has 0 atom stereocenters. The fraction of sp³-hybridized carbons (Fsp3) is 0.316. The standard InChI is InChI=1S/C19H24N4O.3ClH/c1-2-22-10-12-23(13-11-22)18-9-4-3-8-17(18)21-19(24)15-6-5-7-16(20)14-15;;;/h3-9,14H,2,10-13,20H2,1H3,(H,21,24);3*1H. The van der Waals surface area contributed by atoms with Gasteiger partial charge < -0.3 is 20.9 Å². The molecule has 3 N–H and O–H groups in total. The van der Waals surface area contributed by atoms with Crippen molar-refractivity contribution in [3.63, 3.8) is 0 Å². The lowest BCUT2D eigenvalue weighted by Crippen LogP contribution is -2.46. The fourth-order valence-corrected chi connectivity index (χ4v) is 3.03. The number of nitrogens with two attached hydrogens (primary N) is 1. The maximum atomic E-state index is 12.5. The number of hydrogen-bond acceptors (Lipinski definition) is 4. The number of nitrogens with zero attached hydrogens (tertiary/aromatic N) is 2. The van der Waals surface area contributed by atoms with Crippen molar-refractivity contribution >= 4 is 60.2 Å². The zero-order chi connectivity index (χ0) is 16.9. The van der Waals surface area contributed by atoms with Crippen molar-refractivity contribution < 1.29 is 4.79 Å². The molecule has 1 amide bonds. The minimum atomic E-state index is -0.137. The molecule has 0 radical (unpaired) electrons. The third kappa shape index (κ3) is 6.47. The number of likely N-dealkylation sites (N-methyl/N-ethyl adjacent to an activating group) is 1. The number of nitrogens with one attached hydrogen (secondary N) is 1. The van der Waals surface area contributed by atoms with Crippen LogP contribution in [0.4, 0.5) is 17.1 Å². The molecule has 1 heterocycles. The van der Waals surface area contributed by atoms with Gasteiger partial charge in [0.05, 0.1) is 11.4 Å². The number of carbonyl (C=O) groups excluding carboxylic acids is 1. The van der Waals surface area contributed by atoms with E-state index in [-0.39, 0.29) is 43.1 Å².